The number of aliphatic hydroxyl groups is 1. The Morgan fingerprint density at radius 1 is 1.20 bits per heavy atom. The first-order valence-electron chi connectivity index (χ1n) is 5.57. The van der Waals surface area contributed by atoms with Crippen molar-refractivity contribution >= 4 is 11.6 Å². The zero-order chi connectivity index (χ0) is 11.1. The summed E-state index contributed by atoms with van der Waals surface area (Å²) in [5.74, 6) is 0.495. The third kappa shape index (κ3) is 3.51. The molecule has 0 saturated heterocycles. The van der Waals surface area contributed by atoms with Gasteiger partial charge in [0.05, 0.1) is 5.60 Å². The first-order chi connectivity index (χ1) is 7.23. The maximum absolute atomic E-state index is 10.5. The molecule has 1 nitrogen and oxygen atoms in total. The molecule has 0 amide bonds. The fraction of sp³-hybridized carbons (Fsp3) is 0.538. The van der Waals surface area contributed by atoms with E-state index >= 15 is 0 Å². The first-order valence-corrected chi connectivity index (χ1v) is 6.10. The molecule has 84 valence electrons. The summed E-state index contributed by atoms with van der Waals surface area (Å²) in [6.07, 6.45) is 3.54. The van der Waals surface area contributed by atoms with Crippen LogP contribution >= 0.6 is 11.6 Å². The third-order valence-corrected chi connectivity index (χ3v) is 2.95. The number of hydrogen-bond donors (Lipinski definition) is 1. The summed E-state index contributed by atoms with van der Waals surface area (Å²) in [6.45, 7) is 2.13. The van der Waals surface area contributed by atoms with Crippen LogP contribution in [0.5, 0.6) is 0 Å². The van der Waals surface area contributed by atoms with Crippen LogP contribution in [0.4, 0.5) is 0 Å². The predicted octanol–water partition coefficient (Wildman–Crippen LogP) is 3.69. The lowest BCUT2D eigenvalue weighted by Crippen LogP contribution is -2.26. The van der Waals surface area contributed by atoms with Gasteiger partial charge in [0.1, 0.15) is 0 Å². The summed E-state index contributed by atoms with van der Waals surface area (Å²) >= 11 is 5.75. The maximum Gasteiger partial charge on any atom is 0.0907 e. The first kappa shape index (κ1) is 12.5. The molecule has 1 atom stereocenters. The molecule has 0 saturated carbocycles. The second-order valence-corrected chi connectivity index (χ2v) is 4.32. The molecule has 0 aliphatic heterocycles. The van der Waals surface area contributed by atoms with Crippen molar-refractivity contribution in [3.63, 3.8) is 0 Å². The molecule has 0 bridgehead atoms. The van der Waals surface area contributed by atoms with Crippen LogP contribution in [-0.2, 0) is 5.60 Å². The normalized spacial score (nSPS) is 14.9. The Morgan fingerprint density at radius 2 is 1.87 bits per heavy atom. The van der Waals surface area contributed by atoms with Gasteiger partial charge in [-0.3, -0.25) is 0 Å². The zero-order valence-electron chi connectivity index (χ0n) is 9.25. The van der Waals surface area contributed by atoms with Crippen molar-refractivity contribution in [2.75, 3.05) is 5.88 Å². The highest BCUT2D eigenvalue weighted by molar-refractivity contribution is 6.17. The van der Waals surface area contributed by atoms with Gasteiger partial charge in [-0.15, -0.1) is 11.6 Å². The molecule has 0 radical (unpaired) electrons. The molecular weight excluding hydrogens is 208 g/mol. The quantitative estimate of drug-likeness (QED) is 0.734. The second kappa shape index (κ2) is 6.14. The monoisotopic (exact) mass is 226 g/mol. The summed E-state index contributed by atoms with van der Waals surface area (Å²) < 4.78 is 0. The highest BCUT2D eigenvalue weighted by Gasteiger charge is 2.27. The van der Waals surface area contributed by atoms with Gasteiger partial charge in [-0.1, -0.05) is 50.1 Å². The van der Waals surface area contributed by atoms with Crippen LogP contribution < -0.4 is 0 Å². The lowest BCUT2D eigenvalue weighted by molar-refractivity contribution is 0.0220. The van der Waals surface area contributed by atoms with Crippen LogP contribution in [-0.4, -0.2) is 11.0 Å². The van der Waals surface area contributed by atoms with E-state index in [1.54, 1.807) is 0 Å². The summed E-state index contributed by atoms with van der Waals surface area (Å²) in [5.41, 5.74) is 0.248. The Balaban J connectivity index is 2.80. The standard InChI is InChI=1S/C13H19ClO/c1-2-3-9-13(15,10-11-14)12-7-5-4-6-8-12/h4-8,15H,2-3,9-11H2,1H3. The van der Waals surface area contributed by atoms with E-state index in [-0.39, 0.29) is 0 Å². The summed E-state index contributed by atoms with van der Waals surface area (Å²) in [5, 5.41) is 10.5. The average Bonchev–Trinajstić information content (AvgIpc) is 2.28. The number of hydrogen-bond acceptors (Lipinski definition) is 1. The van der Waals surface area contributed by atoms with Crippen molar-refractivity contribution in [2.24, 2.45) is 0 Å². The van der Waals surface area contributed by atoms with Crippen LogP contribution in [0.1, 0.15) is 38.2 Å². The molecule has 1 aromatic rings. The van der Waals surface area contributed by atoms with Crippen molar-refractivity contribution in [1.82, 2.24) is 0 Å². The van der Waals surface area contributed by atoms with E-state index in [0.717, 1.165) is 24.8 Å². The lowest BCUT2D eigenvalue weighted by Gasteiger charge is -2.28. The Labute approximate surface area is 97.1 Å². The SMILES string of the molecule is CCCCC(O)(CCCl)c1ccccc1. The van der Waals surface area contributed by atoms with Gasteiger partial charge in [0.25, 0.3) is 0 Å². The number of benzene rings is 1. The van der Waals surface area contributed by atoms with Gasteiger partial charge in [-0.05, 0) is 18.4 Å². The summed E-state index contributed by atoms with van der Waals surface area (Å²) in [4.78, 5) is 0. The minimum absolute atomic E-state index is 0.495. The molecule has 0 spiro atoms. The van der Waals surface area contributed by atoms with E-state index in [1.165, 1.54) is 0 Å². The Hall–Kier alpha value is -0.530. The van der Waals surface area contributed by atoms with E-state index in [9.17, 15) is 5.11 Å². The highest BCUT2D eigenvalue weighted by Crippen LogP contribution is 2.30. The summed E-state index contributed by atoms with van der Waals surface area (Å²) in [7, 11) is 0. The van der Waals surface area contributed by atoms with Gasteiger partial charge in [0, 0.05) is 5.88 Å². The number of halogens is 1. The van der Waals surface area contributed by atoms with Crippen molar-refractivity contribution in [1.29, 1.82) is 0 Å². The predicted molar refractivity (Wildman–Crippen MR) is 65.2 cm³/mol. The van der Waals surface area contributed by atoms with Crippen LogP contribution in [0.25, 0.3) is 0 Å². The van der Waals surface area contributed by atoms with E-state index in [0.29, 0.717) is 12.3 Å². The van der Waals surface area contributed by atoms with Gasteiger partial charge in [0.2, 0.25) is 0 Å². The van der Waals surface area contributed by atoms with Crippen LogP contribution in [0.3, 0.4) is 0 Å². The largest absolute Gasteiger partial charge is 0.385 e. The van der Waals surface area contributed by atoms with E-state index in [1.807, 2.05) is 30.3 Å². The van der Waals surface area contributed by atoms with E-state index in [4.69, 9.17) is 11.6 Å². The van der Waals surface area contributed by atoms with Crippen molar-refractivity contribution < 1.29 is 5.11 Å². The fourth-order valence-corrected chi connectivity index (χ4v) is 2.10. The molecule has 1 unspecified atom stereocenters. The van der Waals surface area contributed by atoms with Gasteiger partial charge in [-0.2, -0.15) is 0 Å². The van der Waals surface area contributed by atoms with Gasteiger partial charge < -0.3 is 5.11 Å². The van der Waals surface area contributed by atoms with E-state index in [2.05, 4.69) is 6.92 Å². The van der Waals surface area contributed by atoms with Gasteiger partial charge in [-0.25, -0.2) is 0 Å². The van der Waals surface area contributed by atoms with Gasteiger partial charge >= 0.3 is 0 Å². The molecule has 0 aliphatic carbocycles. The van der Waals surface area contributed by atoms with Gasteiger partial charge in [0.15, 0.2) is 0 Å². The molecule has 0 fully saturated rings. The number of rotatable bonds is 6. The fourth-order valence-electron chi connectivity index (χ4n) is 1.79. The molecule has 2 heteroatoms. The molecule has 15 heavy (non-hydrogen) atoms. The molecule has 1 rings (SSSR count). The molecule has 0 aliphatic rings. The molecule has 0 aromatic heterocycles. The van der Waals surface area contributed by atoms with Crippen molar-refractivity contribution in [3.8, 4) is 0 Å². The van der Waals surface area contributed by atoms with Crippen LogP contribution in [0.2, 0.25) is 0 Å². The summed E-state index contributed by atoms with van der Waals surface area (Å²) in [6, 6.07) is 9.83. The maximum atomic E-state index is 10.5. The van der Waals surface area contributed by atoms with Crippen LogP contribution in [0, 0.1) is 0 Å². The molecule has 1 N–H and O–H groups in total. The highest BCUT2D eigenvalue weighted by atomic mass is 35.5. The Morgan fingerprint density at radius 3 is 2.40 bits per heavy atom. The lowest BCUT2D eigenvalue weighted by atomic mass is 9.86. The minimum atomic E-state index is -0.737. The third-order valence-electron chi connectivity index (χ3n) is 2.76. The Kier molecular flexibility index (Phi) is 5.13. The van der Waals surface area contributed by atoms with Crippen molar-refractivity contribution in [3.05, 3.63) is 35.9 Å². The molecule has 0 heterocycles. The Bertz CT molecular complexity index is 273. The minimum Gasteiger partial charge on any atom is -0.385 e. The van der Waals surface area contributed by atoms with Crippen molar-refractivity contribution in [2.45, 2.75) is 38.2 Å². The average molecular weight is 227 g/mol. The molecular formula is C13H19ClO. The number of alkyl halides is 1. The second-order valence-electron chi connectivity index (χ2n) is 3.94. The van der Waals surface area contributed by atoms with Crippen LogP contribution in [0.15, 0.2) is 30.3 Å². The number of unbranched alkanes of at least 4 members (excludes halogenated alkanes) is 1. The molecule has 1 aromatic carbocycles. The smallest absolute Gasteiger partial charge is 0.0907 e. The topological polar surface area (TPSA) is 20.2 Å². The van der Waals surface area contributed by atoms with E-state index < -0.39 is 5.60 Å². The zero-order valence-corrected chi connectivity index (χ0v) is 10.0.